The third-order valence-electron chi connectivity index (χ3n) is 3.40. The molecule has 1 aromatic rings. The summed E-state index contributed by atoms with van der Waals surface area (Å²) < 4.78 is 4.66. The number of hydrogen-bond donors (Lipinski definition) is 2. The molecule has 144 valence electrons. The van der Waals surface area contributed by atoms with E-state index in [1.165, 1.54) is 19.2 Å². The summed E-state index contributed by atoms with van der Waals surface area (Å²) in [4.78, 5) is 35.7. The maximum Gasteiger partial charge on any atom is 0.303 e. The van der Waals surface area contributed by atoms with Crippen molar-refractivity contribution >= 4 is 23.5 Å². The van der Waals surface area contributed by atoms with Gasteiger partial charge in [-0.3, -0.25) is 19.4 Å². The Morgan fingerprint density at radius 1 is 1.11 bits per heavy atom. The molecule has 1 rings (SSSR count). The first-order valence-corrected chi connectivity index (χ1v) is 8.14. The van der Waals surface area contributed by atoms with Gasteiger partial charge in [0, 0.05) is 13.1 Å². The molecule has 0 aromatic heterocycles. The number of benzene rings is 1. The SMILES string of the molecule is C\C=C/C=C\C=C\N(N)C(=O)c1c(C)cccc1N(N)C(=O)COC(C)=O. The van der Waals surface area contributed by atoms with E-state index in [4.69, 9.17) is 11.7 Å². The lowest BCUT2D eigenvalue weighted by Gasteiger charge is -2.22. The van der Waals surface area contributed by atoms with Crippen LogP contribution in [0.2, 0.25) is 0 Å². The zero-order valence-corrected chi connectivity index (χ0v) is 15.6. The fourth-order valence-corrected chi connectivity index (χ4v) is 2.08. The Morgan fingerprint density at radius 3 is 2.41 bits per heavy atom. The van der Waals surface area contributed by atoms with Crippen LogP contribution in [0.4, 0.5) is 5.69 Å². The van der Waals surface area contributed by atoms with Crippen molar-refractivity contribution in [3.63, 3.8) is 0 Å². The van der Waals surface area contributed by atoms with Gasteiger partial charge in [0.2, 0.25) is 0 Å². The van der Waals surface area contributed by atoms with Crippen LogP contribution in [0.15, 0.2) is 54.8 Å². The molecular weight excluding hydrogens is 348 g/mol. The summed E-state index contributed by atoms with van der Waals surface area (Å²) in [5.41, 5.74) is 0.910. The molecule has 8 nitrogen and oxygen atoms in total. The van der Waals surface area contributed by atoms with Crippen molar-refractivity contribution in [2.45, 2.75) is 20.8 Å². The van der Waals surface area contributed by atoms with Crippen LogP contribution in [0.5, 0.6) is 0 Å². The van der Waals surface area contributed by atoms with Crippen LogP contribution in [0.3, 0.4) is 0 Å². The van der Waals surface area contributed by atoms with Crippen LogP contribution in [-0.2, 0) is 14.3 Å². The van der Waals surface area contributed by atoms with Crippen molar-refractivity contribution < 1.29 is 19.1 Å². The van der Waals surface area contributed by atoms with Crippen LogP contribution >= 0.6 is 0 Å². The van der Waals surface area contributed by atoms with Gasteiger partial charge in [0.25, 0.3) is 11.8 Å². The Hall–Kier alpha value is -3.23. The Kier molecular flexibility index (Phi) is 8.64. The molecule has 2 amide bonds. The van der Waals surface area contributed by atoms with Crippen LogP contribution in [-0.4, -0.2) is 29.4 Å². The quantitative estimate of drug-likeness (QED) is 0.247. The first-order chi connectivity index (χ1) is 12.8. The second kappa shape index (κ2) is 10.7. The van der Waals surface area contributed by atoms with E-state index in [0.29, 0.717) is 5.56 Å². The fourth-order valence-electron chi connectivity index (χ4n) is 2.08. The number of nitrogens with zero attached hydrogens (tertiary/aromatic N) is 2. The number of esters is 1. The first-order valence-electron chi connectivity index (χ1n) is 8.14. The topological polar surface area (TPSA) is 119 Å². The molecule has 0 aliphatic rings. The highest BCUT2D eigenvalue weighted by Gasteiger charge is 2.23. The van der Waals surface area contributed by atoms with E-state index in [1.807, 2.05) is 19.1 Å². The number of allylic oxidation sites excluding steroid dienone is 5. The molecule has 0 saturated heterocycles. The van der Waals surface area contributed by atoms with E-state index < -0.39 is 24.4 Å². The zero-order chi connectivity index (χ0) is 20.4. The third-order valence-corrected chi connectivity index (χ3v) is 3.40. The molecule has 0 unspecified atom stereocenters. The Morgan fingerprint density at radius 2 is 1.78 bits per heavy atom. The Labute approximate surface area is 158 Å². The van der Waals surface area contributed by atoms with Crippen LogP contribution < -0.4 is 16.7 Å². The molecule has 0 bridgehead atoms. The number of hydrogen-bond acceptors (Lipinski definition) is 6. The molecular formula is C19H24N4O4. The molecule has 0 aliphatic heterocycles. The first kappa shape index (κ1) is 21.8. The number of amides is 2. The molecule has 0 aliphatic carbocycles. The molecule has 0 heterocycles. The number of carbonyl (C=O) groups excluding carboxylic acids is 3. The molecule has 0 radical (unpaired) electrons. The molecule has 1 aromatic carbocycles. The molecule has 0 spiro atoms. The van der Waals surface area contributed by atoms with Gasteiger partial charge in [-0.25, -0.2) is 16.7 Å². The van der Waals surface area contributed by atoms with Gasteiger partial charge in [-0.2, -0.15) is 0 Å². The zero-order valence-electron chi connectivity index (χ0n) is 15.6. The molecule has 0 saturated carbocycles. The van der Waals surface area contributed by atoms with Crippen LogP contribution in [0.1, 0.15) is 29.8 Å². The van der Waals surface area contributed by atoms with Gasteiger partial charge in [0.05, 0.1) is 11.3 Å². The van der Waals surface area contributed by atoms with E-state index in [0.717, 1.165) is 10.0 Å². The second-order valence-electron chi connectivity index (χ2n) is 5.48. The maximum absolute atomic E-state index is 12.7. The van der Waals surface area contributed by atoms with Gasteiger partial charge in [-0.05, 0) is 31.6 Å². The minimum absolute atomic E-state index is 0.158. The third kappa shape index (κ3) is 6.53. The lowest BCUT2D eigenvalue weighted by atomic mass is 10.1. The highest BCUT2D eigenvalue weighted by atomic mass is 16.5. The van der Waals surface area contributed by atoms with Gasteiger partial charge >= 0.3 is 5.97 Å². The maximum atomic E-state index is 12.7. The summed E-state index contributed by atoms with van der Waals surface area (Å²) in [6.45, 7) is 4.23. The van der Waals surface area contributed by atoms with Crippen molar-refractivity contribution in [3.8, 4) is 0 Å². The van der Waals surface area contributed by atoms with Crippen molar-refractivity contribution in [2.24, 2.45) is 11.7 Å². The van der Waals surface area contributed by atoms with E-state index in [2.05, 4.69) is 4.74 Å². The lowest BCUT2D eigenvalue weighted by molar-refractivity contribution is -0.145. The van der Waals surface area contributed by atoms with Crippen molar-refractivity contribution in [3.05, 3.63) is 65.9 Å². The lowest BCUT2D eigenvalue weighted by Crippen LogP contribution is -2.42. The summed E-state index contributed by atoms with van der Waals surface area (Å²) in [5.74, 6) is 9.80. The number of nitrogens with two attached hydrogens (primary N) is 2. The largest absolute Gasteiger partial charge is 0.456 e. The van der Waals surface area contributed by atoms with E-state index in [-0.39, 0.29) is 11.3 Å². The summed E-state index contributed by atoms with van der Waals surface area (Å²) in [6, 6.07) is 4.86. The highest BCUT2D eigenvalue weighted by molar-refractivity contribution is 6.05. The van der Waals surface area contributed by atoms with Gasteiger partial charge in [-0.1, -0.05) is 36.4 Å². The number of anilines is 1. The van der Waals surface area contributed by atoms with Gasteiger partial charge in [-0.15, -0.1) is 0 Å². The van der Waals surface area contributed by atoms with Crippen LogP contribution in [0, 0.1) is 6.92 Å². The van der Waals surface area contributed by atoms with Crippen molar-refractivity contribution in [1.29, 1.82) is 0 Å². The Balaban J connectivity index is 3.08. The molecule has 0 atom stereocenters. The van der Waals surface area contributed by atoms with E-state index in [1.54, 1.807) is 37.3 Å². The van der Waals surface area contributed by atoms with Gasteiger partial charge in [0.15, 0.2) is 6.61 Å². The van der Waals surface area contributed by atoms with Crippen molar-refractivity contribution in [1.82, 2.24) is 5.01 Å². The fraction of sp³-hybridized carbons (Fsp3) is 0.211. The predicted molar refractivity (Wildman–Crippen MR) is 103 cm³/mol. The number of ether oxygens (including phenoxy) is 1. The van der Waals surface area contributed by atoms with E-state index >= 15 is 0 Å². The van der Waals surface area contributed by atoms with E-state index in [9.17, 15) is 14.4 Å². The van der Waals surface area contributed by atoms with Gasteiger partial charge in [0.1, 0.15) is 0 Å². The molecule has 0 fully saturated rings. The predicted octanol–water partition coefficient (Wildman–Crippen LogP) is 1.73. The normalized spacial score (nSPS) is 11.3. The molecule has 8 heteroatoms. The second-order valence-corrected chi connectivity index (χ2v) is 5.48. The summed E-state index contributed by atoms with van der Waals surface area (Å²) in [7, 11) is 0. The highest BCUT2D eigenvalue weighted by Crippen LogP contribution is 2.23. The Bertz CT molecular complexity index is 784. The van der Waals surface area contributed by atoms with Crippen LogP contribution in [0.25, 0.3) is 0 Å². The summed E-state index contributed by atoms with van der Waals surface area (Å²) in [5, 5.41) is 1.67. The smallest absolute Gasteiger partial charge is 0.303 e. The summed E-state index contributed by atoms with van der Waals surface area (Å²) in [6.07, 6.45) is 10.2. The average molecular weight is 372 g/mol. The molecule has 4 N–H and O–H groups in total. The monoisotopic (exact) mass is 372 g/mol. The average Bonchev–Trinajstić information content (AvgIpc) is 2.64. The number of hydrazine groups is 2. The molecule has 27 heavy (non-hydrogen) atoms. The number of carbonyl (C=O) groups is 3. The van der Waals surface area contributed by atoms with Crippen molar-refractivity contribution in [2.75, 3.05) is 11.6 Å². The minimum Gasteiger partial charge on any atom is -0.456 e. The summed E-state index contributed by atoms with van der Waals surface area (Å²) >= 11 is 0. The standard InChI is InChI=1S/C19H24N4O4/c1-4-5-6-7-8-12-22(20)19(26)18-14(2)10-9-11-16(18)23(21)17(25)13-27-15(3)24/h4-12H,13,20-21H2,1-3H3/b5-4-,7-6-,12-8+. The van der Waals surface area contributed by atoms with Gasteiger partial charge < -0.3 is 4.74 Å². The minimum atomic E-state index is -0.682. The number of aryl methyl sites for hydroxylation is 1. The number of rotatable bonds is 7.